The van der Waals surface area contributed by atoms with Crippen LogP contribution in [0.1, 0.15) is 79.0 Å². The summed E-state index contributed by atoms with van der Waals surface area (Å²) >= 11 is 0. The van der Waals surface area contributed by atoms with Crippen molar-refractivity contribution in [1.29, 1.82) is 0 Å². The Morgan fingerprint density at radius 1 is 1.03 bits per heavy atom. The number of aromatic nitrogens is 1. The summed E-state index contributed by atoms with van der Waals surface area (Å²) in [4.78, 5) is 4.12. The van der Waals surface area contributed by atoms with Gasteiger partial charge in [0.1, 0.15) is 5.75 Å². The minimum Gasteiger partial charge on any atom is -0.670 e. The molecule has 0 saturated carbocycles. The molecule has 1 aromatic heterocycles. The zero-order chi connectivity index (χ0) is 28.1. The number of rotatable bonds is 11. The van der Waals surface area contributed by atoms with Gasteiger partial charge in [0.2, 0.25) is 5.75 Å². The highest BCUT2D eigenvalue weighted by molar-refractivity contribution is 5.64. The first-order valence-electron chi connectivity index (χ1n) is 13.7. The summed E-state index contributed by atoms with van der Waals surface area (Å²) < 4.78 is 12.0. The molecule has 3 atom stereocenters. The minimum atomic E-state index is -0.642. The molecule has 212 valence electrons. The number of methoxy groups -OCH3 is 1. The third-order valence-electron chi connectivity index (χ3n) is 7.60. The first kappa shape index (κ1) is 28.8. The Labute approximate surface area is 229 Å². The Hall–Kier alpha value is -3.20. The molecule has 1 aliphatic rings. The molecule has 4 rings (SSSR count). The van der Waals surface area contributed by atoms with Crippen LogP contribution in [0.5, 0.6) is 23.0 Å². The number of phenols is 3. The molecule has 8 nitrogen and oxygen atoms in total. The van der Waals surface area contributed by atoms with Crippen LogP contribution in [0, 0.1) is 5.92 Å². The summed E-state index contributed by atoms with van der Waals surface area (Å²) in [6.45, 7) is 3.81. The Bertz CT molecular complexity index is 1240. The van der Waals surface area contributed by atoms with Crippen LogP contribution >= 0.6 is 0 Å². The molecule has 3 aromatic rings. The third kappa shape index (κ3) is 6.69. The van der Waals surface area contributed by atoms with E-state index in [1.54, 1.807) is 18.5 Å². The van der Waals surface area contributed by atoms with E-state index < -0.39 is 30.3 Å². The predicted molar refractivity (Wildman–Crippen MR) is 147 cm³/mol. The first-order chi connectivity index (χ1) is 18.7. The van der Waals surface area contributed by atoms with Gasteiger partial charge in [0, 0.05) is 17.5 Å². The molecule has 5 N–H and O–H groups in total. The van der Waals surface area contributed by atoms with Crippen molar-refractivity contribution < 1.29 is 35.0 Å². The van der Waals surface area contributed by atoms with E-state index in [2.05, 4.69) is 18.8 Å². The standard InChI is InChI=1S/C31H40NO7/c1-18(2)4-7-21-12-19(6-9-26(21)35)5-8-23-14-22(34)15-27(39-23)28-24(13-20-10-11-32-16-20)31(38-3)30(37)29(36)25(28)17-33/h6,9-12,16,18,22-23,27,33-37H,4-5,7-8,13-15,17H2,1-3H3/q-1/t22-,23+,27+/m1/s1. The van der Waals surface area contributed by atoms with E-state index in [4.69, 9.17) is 9.47 Å². The smallest absolute Gasteiger partial charge is 0.201 e. The highest BCUT2D eigenvalue weighted by Crippen LogP contribution is 2.49. The number of aliphatic hydroxyl groups is 2. The normalized spacial score (nSPS) is 19.5. The van der Waals surface area contributed by atoms with Crippen LogP contribution in [0.25, 0.3) is 0 Å². The number of benzene rings is 2. The van der Waals surface area contributed by atoms with E-state index in [0.29, 0.717) is 48.5 Å². The monoisotopic (exact) mass is 538 g/mol. The van der Waals surface area contributed by atoms with Gasteiger partial charge in [0.15, 0.2) is 11.5 Å². The van der Waals surface area contributed by atoms with Gasteiger partial charge < -0.3 is 40.0 Å². The molecule has 0 radical (unpaired) electrons. The Kier molecular flexibility index (Phi) is 9.43. The molecule has 0 amide bonds. The second-order valence-corrected chi connectivity index (χ2v) is 10.9. The van der Waals surface area contributed by atoms with Crippen LogP contribution in [0.15, 0.2) is 36.7 Å². The van der Waals surface area contributed by atoms with Crippen molar-refractivity contribution in [2.45, 2.75) is 83.7 Å². The fourth-order valence-electron chi connectivity index (χ4n) is 5.53. The van der Waals surface area contributed by atoms with Gasteiger partial charge in [-0.3, -0.25) is 0 Å². The highest BCUT2D eigenvalue weighted by atomic mass is 16.5. The number of hydrogen-bond acceptors (Lipinski definition) is 7. The molecule has 1 fully saturated rings. The van der Waals surface area contributed by atoms with Crippen LogP contribution in [-0.2, 0) is 30.6 Å². The molecule has 0 aliphatic carbocycles. The molecular weight excluding hydrogens is 498 g/mol. The SMILES string of the molecule is COc1c(O)c(O)c(CO)c([C@@H]2C[C@H](O)C[C@H](CCc3ccc(O)c(CCC(C)C)c3)O2)c1Cc1cc[n-]c1. The first-order valence-corrected chi connectivity index (χ1v) is 13.7. The van der Waals surface area contributed by atoms with E-state index in [9.17, 15) is 25.5 Å². The second-order valence-electron chi connectivity index (χ2n) is 10.9. The average molecular weight is 539 g/mol. The van der Waals surface area contributed by atoms with Crippen molar-refractivity contribution in [1.82, 2.24) is 4.98 Å². The number of aliphatic hydroxyl groups excluding tert-OH is 2. The van der Waals surface area contributed by atoms with Crippen molar-refractivity contribution >= 4 is 0 Å². The molecular formula is C31H40NO7-. The van der Waals surface area contributed by atoms with Gasteiger partial charge >= 0.3 is 0 Å². The van der Waals surface area contributed by atoms with Gasteiger partial charge in [-0.25, -0.2) is 0 Å². The number of aromatic hydroxyl groups is 3. The van der Waals surface area contributed by atoms with E-state index >= 15 is 0 Å². The largest absolute Gasteiger partial charge is 0.670 e. The van der Waals surface area contributed by atoms with Crippen LogP contribution in [0.2, 0.25) is 0 Å². The summed E-state index contributed by atoms with van der Waals surface area (Å²) in [6.07, 6.45) is 6.10. The second kappa shape index (κ2) is 12.8. The summed E-state index contributed by atoms with van der Waals surface area (Å²) in [5, 5.41) is 52.7. The molecule has 8 heteroatoms. The van der Waals surface area contributed by atoms with Gasteiger partial charge in [0.25, 0.3) is 0 Å². The number of phenolic OH excluding ortho intramolecular Hbond substituents is 2. The van der Waals surface area contributed by atoms with Crippen molar-refractivity contribution in [2.75, 3.05) is 7.11 Å². The van der Waals surface area contributed by atoms with Crippen molar-refractivity contribution in [3.63, 3.8) is 0 Å². The van der Waals surface area contributed by atoms with Gasteiger partial charge in [0.05, 0.1) is 32.0 Å². The lowest BCUT2D eigenvalue weighted by Gasteiger charge is -2.36. The quantitative estimate of drug-likeness (QED) is 0.223. The molecule has 1 aliphatic heterocycles. The maximum Gasteiger partial charge on any atom is 0.201 e. The zero-order valence-corrected chi connectivity index (χ0v) is 22.9. The Morgan fingerprint density at radius 2 is 1.82 bits per heavy atom. The Morgan fingerprint density at radius 3 is 2.49 bits per heavy atom. The van der Waals surface area contributed by atoms with Crippen molar-refractivity contribution in [3.8, 4) is 23.0 Å². The lowest BCUT2D eigenvalue weighted by Crippen LogP contribution is -2.32. The van der Waals surface area contributed by atoms with Gasteiger partial charge in [-0.05, 0) is 67.2 Å². The molecule has 39 heavy (non-hydrogen) atoms. The van der Waals surface area contributed by atoms with Crippen LogP contribution < -0.4 is 9.72 Å². The van der Waals surface area contributed by atoms with Crippen LogP contribution in [0.3, 0.4) is 0 Å². The zero-order valence-electron chi connectivity index (χ0n) is 22.9. The van der Waals surface area contributed by atoms with E-state index in [-0.39, 0.29) is 23.8 Å². The Balaban J connectivity index is 1.60. The molecule has 0 spiro atoms. The van der Waals surface area contributed by atoms with E-state index in [0.717, 1.165) is 29.5 Å². The minimum absolute atomic E-state index is 0.110. The molecule has 0 unspecified atom stereocenters. The van der Waals surface area contributed by atoms with Crippen LogP contribution in [-0.4, -0.2) is 44.9 Å². The van der Waals surface area contributed by atoms with Gasteiger partial charge in [-0.15, -0.1) is 0 Å². The maximum atomic E-state index is 10.8. The van der Waals surface area contributed by atoms with E-state index in [1.165, 1.54) is 7.11 Å². The topological polar surface area (TPSA) is 134 Å². The fourth-order valence-corrected chi connectivity index (χ4v) is 5.53. The molecule has 2 aromatic carbocycles. The number of ether oxygens (including phenoxy) is 2. The van der Waals surface area contributed by atoms with Gasteiger partial charge in [-0.2, -0.15) is 12.4 Å². The van der Waals surface area contributed by atoms with Crippen molar-refractivity contribution in [3.05, 3.63) is 70.0 Å². The maximum absolute atomic E-state index is 10.8. The summed E-state index contributed by atoms with van der Waals surface area (Å²) in [5.41, 5.74) is 4.17. The highest BCUT2D eigenvalue weighted by Gasteiger charge is 2.35. The lowest BCUT2D eigenvalue weighted by molar-refractivity contribution is -0.101. The third-order valence-corrected chi connectivity index (χ3v) is 7.60. The fraction of sp³-hybridized carbons (Fsp3) is 0.484. The van der Waals surface area contributed by atoms with E-state index in [1.807, 2.05) is 18.2 Å². The van der Waals surface area contributed by atoms with Crippen molar-refractivity contribution in [2.24, 2.45) is 5.92 Å². The summed E-state index contributed by atoms with van der Waals surface area (Å²) in [6, 6.07) is 7.56. The number of hydrogen-bond donors (Lipinski definition) is 5. The van der Waals surface area contributed by atoms with Crippen LogP contribution in [0.4, 0.5) is 0 Å². The molecule has 2 heterocycles. The molecule has 1 saturated heterocycles. The summed E-state index contributed by atoms with van der Waals surface area (Å²) in [7, 11) is 1.41. The summed E-state index contributed by atoms with van der Waals surface area (Å²) in [5.74, 6) is 0.0811. The van der Waals surface area contributed by atoms with Gasteiger partial charge in [-0.1, -0.05) is 37.6 Å². The number of aryl methyl sites for hydroxylation is 2. The predicted octanol–water partition coefficient (Wildman–Crippen LogP) is 4.65. The lowest BCUT2D eigenvalue weighted by atomic mass is 9.86. The molecule has 0 bridgehead atoms. The number of nitrogens with zero attached hydrogens (tertiary/aromatic N) is 1. The average Bonchev–Trinajstić information content (AvgIpc) is 3.42.